The van der Waals surface area contributed by atoms with Crippen molar-refractivity contribution in [1.29, 1.82) is 0 Å². The van der Waals surface area contributed by atoms with Crippen molar-refractivity contribution < 1.29 is 13.2 Å². The lowest BCUT2D eigenvalue weighted by Gasteiger charge is -2.38. The van der Waals surface area contributed by atoms with Crippen molar-refractivity contribution in [3.05, 3.63) is 22.3 Å². The Labute approximate surface area is 119 Å². The van der Waals surface area contributed by atoms with Gasteiger partial charge in [-0.2, -0.15) is 4.31 Å². The van der Waals surface area contributed by atoms with E-state index < -0.39 is 10.0 Å². The second kappa shape index (κ2) is 5.97. The maximum absolute atomic E-state index is 12.4. The molecule has 5 nitrogen and oxygen atoms in total. The van der Waals surface area contributed by atoms with Gasteiger partial charge in [0.25, 0.3) is 0 Å². The lowest BCUT2D eigenvalue weighted by atomic mass is 10.0. The van der Waals surface area contributed by atoms with Crippen molar-refractivity contribution in [1.82, 2.24) is 9.62 Å². The van der Waals surface area contributed by atoms with E-state index in [1.807, 2.05) is 0 Å². The standard InChI is InChI=1S/C12H20N2O3S2/c1-3-11(18-4-2)19(15,16)14-8-5-12(6-9-14)13-7-10-17-12/h3-4,13H,2,5-10H2,1H3/b11-3+. The summed E-state index contributed by atoms with van der Waals surface area (Å²) in [6.07, 6.45) is 3.01. The lowest BCUT2D eigenvalue weighted by molar-refractivity contribution is -0.0444. The van der Waals surface area contributed by atoms with Crippen LogP contribution in [0.25, 0.3) is 0 Å². The molecule has 0 amide bonds. The molecule has 2 aliphatic rings. The number of hydrogen-bond acceptors (Lipinski definition) is 5. The highest BCUT2D eigenvalue weighted by Crippen LogP contribution is 2.32. The van der Waals surface area contributed by atoms with Gasteiger partial charge < -0.3 is 4.74 Å². The fourth-order valence-electron chi connectivity index (χ4n) is 2.47. The zero-order chi connectivity index (χ0) is 13.9. The predicted molar refractivity (Wildman–Crippen MR) is 78.0 cm³/mol. The molecule has 1 spiro atoms. The van der Waals surface area contributed by atoms with Gasteiger partial charge in [-0.05, 0) is 12.3 Å². The monoisotopic (exact) mass is 304 g/mol. The Morgan fingerprint density at radius 3 is 2.63 bits per heavy atom. The van der Waals surface area contributed by atoms with Crippen LogP contribution < -0.4 is 5.32 Å². The molecular weight excluding hydrogens is 284 g/mol. The van der Waals surface area contributed by atoms with Crippen LogP contribution in [0.5, 0.6) is 0 Å². The van der Waals surface area contributed by atoms with E-state index in [2.05, 4.69) is 11.9 Å². The molecule has 108 valence electrons. The van der Waals surface area contributed by atoms with Crippen molar-refractivity contribution in [3.8, 4) is 0 Å². The van der Waals surface area contributed by atoms with Crippen LogP contribution in [0.4, 0.5) is 0 Å². The minimum Gasteiger partial charge on any atom is -0.359 e. The van der Waals surface area contributed by atoms with Crippen LogP contribution >= 0.6 is 11.8 Å². The molecule has 0 unspecified atom stereocenters. The summed E-state index contributed by atoms with van der Waals surface area (Å²) in [5.41, 5.74) is -0.298. The molecular formula is C12H20N2O3S2. The summed E-state index contributed by atoms with van der Waals surface area (Å²) in [5.74, 6) is 0. The van der Waals surface area contributed by atoms with Gasteiger partial charge in [-0.25, -0.2) is 8.42 Å². The van der Waals surface area contributed by atoms with E-state index in [0.29, 0.717) is 36.8 Å². The van der Waals surface area contributed by atoms with E-state index in [1.165, 1.54) is 4.31 Å². The highest BCUT2D eigenvalue weighted by atomic mass is 32.3. The Morgan fingerprint density at radius 1 is 1.47 bits per heavy atom. The first-order chi connectivity index (χ1) is 9.04. The van der Waals surface area contributed by atoms with Crippen molar-refractivity contribution in [2.24, 2.45) is 0 Å². The van der Waals surface area contributed by atoms with Crippen LogP contribution in [0.15, 0.2) is 22.3 Å². The first-order valence-electron chi connectivity index (χ1n) is 6.37. The van der Waals surface area contributed by atoms with Crippen LogP contribution in [0.3, 0.4) is 0 Å². The van der Waals surface area contributed by atoms with Gasteiger partial charge in [0.1, 0.15) is 9.96 Å². The van der Waals surface area contributed by atoms with E-state index in [4.69, 9.17) is 4.74 Å². The third kappa shape index (κ3) is 3.05. The number of piperidine rings is 1. The highest BCUT2D eigenvalue weighted by Gasteiger charge is 2.41. The van der Waals surface area contributed by atoms with Gasteiger partial charge in [-0.3, -0.25) is 5.32 Å². The maximum atomic E-state index is 12.4. The van der Waals surface area contributed by atoms with E-state index in [-0.39, 0.29) is 5.72 Å². The van der Waals surface area contributed by atoms with Gasteiger partial charge in [0.2, 0.25) is 10.0 Å². The Bertz CT molecular complexity index is 457. The Kier molecular flexibility index (Phi) is 4.73. The lowest BCUT2D eigenvalue weighted by Crippen LogP contribution is -2.52. The summed E-state index contributed by atoms with van der Waals surface area (Å²) in [5, 5.41) is 4.87. The summed E-state index contributed by atoms with van der Waals surface area (Å²) in [6.45, 7) is 7.84. The number of sulfonamides is 1. The maximum Gasteiger partial charge on any atom is 0.249 e. The minimum atomic E-state index is -3.38. The van der Waals surface area contributed by atoms with E-state index in [1.54, 1.807) is 18.4 Å². The molecule has 0 aliphatic carbocycles. The highest BCUT2D eigenvalue weighted by molar-refractivity contribution is 8.19. The topological polar surface area (TPSA) is 58.6 Å². The fraction of sp³-hybridized carbons (Fsp3) is 0.667. The third-order valence-electron chi connectivity index (χ3n) is 3.49. The largest absolute Gasteiger partial charge is 0.359 e. The van der Waals surface area contributed by atoms with Crippen LogP contribution in [0, 0.1) is 0 Å². The third-order valence-corrected chi connectivity index (χ3v) is 6.83. The van der Waals surface area contributed by atoms with E-state index >= 15 is 0 Å². The Morgan fingerprint density at radius 2 is 2.16 bits per heavy atom. The molecule has 7 heteroatoms. The summed E-state index contributed by atoms with van der Waals surface area (Å²) in [6, 6.07) is 0. The molecule has 0 bridgehead atoms. The molecule has 0 aromatic carbocycles. The SMILES string of the molecule is C=CS/C(=C\C)S(=O)(=O)N1CCC2(CC1)NCCO2. The zero-order valence-electron chi connectivity index (χ0n) is 11.1. The fourth-order valence-corrected chi connectivity index (χ4v) is 5.00. The number of ether oxygens (including phenoxy) is 1. The number of nitrogens with one attached hydrogen (secondary N) is 1. The molecule has 19 heavy (non-hydrogen) atoms. The molecule has 0 aromatic rings. The first-order valence-corrected chi connectivity index (χ1v) is 8.69. The number of hydrogen-bond donors (Lipinski definition) is 1. The summed E-state index contributed by atoms with van der Waals surface area (Å²) >= 11 is 1.15. The summed E-state index contributed by atoms with van der Waals surface area (Å²) < 4.78 is 32.5. The molecule has 2 heterocycles. The molecule has 0 radical (unpaired) electrons. The van der Waals surface area contributed by atoms with Crippen molar-refractivity contribution >= 4 is 21.8 Å². The smallest absolute Gasteiger partial charge is 0.249 e. The molecule has 2 rings (SSSR count). The summed E-state index contributed by atoms with van der Waals surface area (Å²) in [7, 11) is -3.38. The van der Waals surface area contributed by atoms with Crippen LogP contribution in [0.2, 0.25) is 0 Å². The van der Waals surface area contributed by atoms with Gasteiger partial charge in [0.05, 0.1) is 6.61 Å². The van der Waals surface area contributed by atoms with Gasteiger partial charge >= 0.3 is 0 Å². The van der Waals surface area contributed by atoms with Crippen molar-refractivity contribution in [2.45, 2.75) is 25.5 Å². The van der Waals surface area contributed by atoms with Crippen LogP contribution in [-0.2, 0) is 14.8 Å². The normalized spacial score (nSPS) is 24.8. The van der Waals surface area contributed by atoms with Gasteiger partial charge in [-0.1, -0.05) is 24.4 Å². The second-order valence-electron chi connectivity index (χ2n) is 4.57. The number of allylic oxidation sites excluding steroid dienone is 1. The van der Waals surface area contributed by atoms with Crippen LogP contribution in [0.1, 0.15) is 19.8 Å². The van der Waals surface area contributed by atoms with Crippen LogP contribution in [-0.4, -0.2) is 44.7 Å². The average Bonchev–Trinajstić information content (AvgIpc) is 2.84. The molecule has 0 saturated carbocycles. The Hall–Kier alpha value is -0.340. The molecule has 0 aromatic heterocycles. The average molecular weight is 304 g/mol. The molecule has 2 aliphatic heterocycles. The second-order valence-corrected chi connectivity index (χ2v) is 7.74. The zero-order valence-corrected chi connectivity index (χ0v) is 12.7. The van der Waals surface area contributed by atoms with Gasteiger partial charge in [0, 0.05) is 32.5 Å². The molecule has 1 N–H and O–H groups in total. The van der Waals surface area contributed by atoms with Gasteiger partial charge in [0.15, 0.2) is 0 Å². The predicted octanol–water partition coefficient (Wildman–Crippen LogP) is 1.47. The number of rotatable bonds is 4. The Balaban J connectivity index is 2.06. The summed E-state index contributed by atoms with van der Waals surface area (Å²) in [4.78, 5) is 0. The molecule has 2 saturated heterocycles. The molecule has 0 atom stereocenters. The van der Waals surface area contributed by atoms with Crippen molar-refractivity contribution in [3.63, 3.8) is 0 Å². The number of thioether (sulfide) groups is 1. The van der Waals surface area contributed by atoms with E-state index in [9.17, 15) is 8.42 Å². The number of nitrogens with zero attached hydrogens (tertiary/aromatic N) is 1. The van der Waals surface area contributed by atoms with E-state index in [0.717, 1.165) is 18.3 Å². The van der Waals surface area contributed by atoms with Gasteiger partial charge in [-0.15, -0.1) is 0 Å². The molecule has 2 fully saturated rings. The first kappa shape index (κ1) is 15.1. The van der Waals surface area contributed by atoms with Crippen molar-refractivity contribution in [2.75, 3.05) is 26.2 Å². The minimum absolute atomic E-state index is 0.298. The quantitative estimate of drug-likeness (QED) is 0.852.